The first-order valence-electron chi connectivity index (χ1n) is 8.52. The summed E-state index contributed by atoms with van der Waals surface area (Å²) < 4.78 is 12.5. The molecule has 0 spiro atoms. The Balaban J connectivity index is 1.95. The normalized spacial score (nSPS) is 16.0. The molecule has 1 aliphatic heterocycles. The molecule has 0 saturated heterocycles. The number of nitrogens with zero attached hydrogens (tertiary/aromatic N) is 1. The molecule has 2 aromatic rings. The summed E-state index contributed by atoms with van der Waals surface area (Å²) in [6.07, 6.45) is 0.442. The maximum atomic E-state index is 12.4. The van der Waals surface area contributed by atoms with E-state index in [1.165, 1.54) is 0 Å². The highest BCUT2D eigenvalue weighted by Gasteiger charge is 2.29. The highest BCUT2D eigenvalue weighted by molar-refractivity contribution is 9.10. The maximum absolute atomic E-state index is 12.4. The van der Waals surface area contributed by atoms with Gasteiger partial charge >= 0.3 is 6.09 Å². The lowest BCUT2D eigenvalue weighted by Gasteiger charge is -2.29. The first kappa shape index (κ1) is 18.3. The van der Waals surface area contributed by atoms with Gasteiger partial charge in [-0.15, -0.1) is 0 Å². The van der Waals surface area contributed by atoms with Crippen LogP contribution in [0.3, 0.4) is 0 Å². The molecule has 0 radical (unpaired) electrons. The number of furan rings is 1. The molecule has 2 heterocycles. The first-order valence-corrected chi connectivity index (χ1v) is 9.32. The van der Waals surface area contributed by atoms with E-state index in [-0.39, 0.29) is 6.09 Å². The number of benzene rings is 1. The Morgan fingerprint density at radius 3 is 2.80 bits per heavy atom. The van der Waals surface area contributed by atoms with E-state index in [1.54, 1.807) is 11.8 Å². The molecule has 6 heteroatoms. The summed E-state index contributed by atoms with van der Waals surface area (Å²) in [6, 6.07) is 4.00. The van der Waals surface area contributed by atoms with Gasteiger partial charge in [0.05, 0.1) is 12.6 Å². The van der Waals surface area contributed by atoms with Crippen molar-refractivity contribution in [2.24, 2.45) is 0 Å². The lowest BCUT2D eigenvalue weighted by Crippen LogP contribution is -2.39. The van der Waals surface area contributed by atoms with Gasteiger partial charge in [0.15, 0.2) is 0 Å². The predicted octanol–water partition coefficient (Wildman–Crippen LogP) is 4.41. The van der Waals surface area contributed by atoms with Crippen molar-refractivity contribution in [3.05, 3.63) is 33.5 Å². The molecular weight excluding hydrogens is 386 g/mol. The molecule has 1 aromatic carbocycles. The molecule has 1 aromatic heterocycles. The predicted molar refractivity (Wildman–Crippen MR) is 99.6 cm³/mol. The fraction of sp³-hybridized carbons (Fsp3) is 0.526. The zero-order chi connectivity index (χ0) is 18.4. The van der Waals surface area contributed by atoms with Gasteiger partial charge in [-0.1, -0.05) is 15.9 Å². The summed E-state index contributed by atoms with van der Waals surface area (Å²) in [5.41, 5.74) is 2.29. The zero-order valence-corrected chi connectivity index (χ0v) is 16.6. The smallest absolute Gasteiger partial charge is 0.410 e. The van der Waals surface area contributed by atoms with Crippen LogP contribution in [0.1, 0.15) is 44.6 Å². The third-order valence-corrected chi connectivity index (χ3v) is 4.60. The highest BCUT2D eigenvalue weighted by atomic mass is 79.9. The molecule has 1 atom stereocenters. The molecular formula is C19H24BrNO4. The number of carbonyl (C=O) groups excluding carboxylic acids is 1. The first-order chi connectivity index (χ1) is 11.6. The fourth-order valence-electron chi connectivity index (χ4n) is 3.16. The van der Waals surface area contributed by atoms with Crippen LogP contribution in [0, 0.1) is 0 Å². The van der Waals surface area contributed by atoms with Crippen LogP contribution in [0.5, 0.6) is 0 Å². The van der Waals surface area contributed by atoms with Crippen molar-refractivity contribution in [3.63, 3.8) is 0 Å². The number of rotatable bonds is 2. The Morgan fingerprint density at radius 2 is 2.16 bits per heavy atom. The van der Waals surface area contributed by atoms with Gasteiger partial charge in [-0.3, -0.25) is 0 Å². The van der Waals surface area contributed by atoms with Crippen LogP contribution in [0.15, 0.2) is 21.0 Å². The van der Waals surface area contributed by atoms with Gasteiger partial charge in [-0.25, -0.2) is 4.79 Å². The largest absolute Gasteiger partial charge is 0.460 e. The maximum Gasteiger partial charge on any atom is 0.410 e. The lowest BCUT2D eigenvalue weighted by molar-refractivity contribution is 0.0220. The number of fused-ring (bicyclic) bond motifs is 3. The van der Waals surface area contributed by atoms with Gasteiger partial charge in [0.25, 0.3) is 0 Å². The second kappa shape index (κ2) is 6.65. The average Bonchev–Trinajstić information content (AvgIpc) is 2.83. The van der Waals surface area contributed by atoms with Crippen molar-refractivity contribution in [1.82, 2.24) is 4.90 Å². The summed E-state index contributed by atoms with van der Waals surface area (Å²) in [7, 11) is 0. The van der Waals surface area contributed by atoms with Crippen molar-refractivity contribution in [2.45, 2.75) is 58.8 Å². The monoisotopic (exact) mass is 409 g/mol. The summed E-state index contributed by atoms with van der Waals surface area (Å²) in [5, 5.41) is 10.7. The van der Waals surface area contributed by atoms with Gasteiger partial charge in [-0.05, 0) is 45.4 Å². The number of carbonyl (C=O) groups is 1. The van der Waals surface area contributed by atoms with E-state index < -0.39 is 11.7 Å². The average molecular weight is 410 g/mol. The number of hydrogen-bond donors (Lipinski definition) is 1. The molecule has 1 aliphatic rings. The molecule has 136 valence electrons. The molecule has 0 saturated carbocycles. The van der Waals surface area contributed by atoms with Gasteiger partial charge in [0, 0.05) is 34.8 Å². The van der Waals surface area contributed by atoms with E-state index in [4.69, 9.17) is 9.15 Å². The molecule has 1 N–H and O–H groups in total. The Kier molecular flexibility index (Phi) is 4.86. The van der Waals surface area contributed by atoms with Gasteiger partial charge in [0.2, 0.25) is 0 Å². The summed E-state index contributed by atoms with van der Waals surface area (Å²) in [6.45, 7) is 8.42. The van der Waals surface area contributed by atoms with E-state index in [0.29, 0.717) is 25.9 Å². The minimum Gasteiger partial charge on any atom is -0.460 e. The van der Waals surface area contributed by atoms with E-state index in [1.807, 2.05) is 32.9 Å². The third kappa shape index (κ3) is 4.01. The molecule has 1 unspecified atom stereocenters. The van der Waals surface area contributed by atoms with Gasteiger partial charge in [-0.2, -0.15) is 0 Å². The molecule has 1 amide bonds. The van der Waals surface area contributed by atoms with Crippen molar-refractivity contribution < 1.29 is 19.1 Å². The van der Waals surface area contributed by atoms with Crippen molar-refractivity contribution >= 4 is 33.0 Å². The minimum absolute atomic E-state index is 0.299. The fourth-order valence-corrected chi connectivity index (χ4v) is 3.67. The number of amides is 1. The topological polar surface area (TPSA) is 62.9 Å². The van der Waals surface area contributed by atoms with Crippen LogP contribution in [-0.4, -0.2) is 34.3 Å². The minimum atomic E-state index is -0.511. The second-order valence-electron chi connectivity index (χ2n) is 7.65. The molecule has 0 bridgehead atoms. The SMILES string of the molecule is CC(O)Cc1cc(Br)cc2c3c(oc12)CCN(C(=O)OC(C)(C)C)C3. The number of halogens is 1. The van der Waals surface area contributed by atoms with Crippen LogP contribution in [0.4, 0.5) is 4.79 Å². The number of hydrogen-bond acceptors (Lipinski definition) is 4. The van der Waals surface area contributed by atoms with Crippen LogP contribution in [0.2, 0.25) is 0 Å². The lowest BCUT2D eigenvalue weighted by atomic mass is 10.0. The molecule has 3 rings (SSSR count). The van der Waals surface area contributed by atoms with Gasteiger partial charge < -0.3 is 19.2 Å². The summed E-state index contributed by atoms with van der Waals surface area (Å²) >= 11 is 3.54. The van der Waals surface area contributed by atoms with Crippen LogP contribution in [0.25, 0.3) is 11.0 Å². The van der Waals surface area contributed by atoms with E-state index in [0.717, 1.165) is 32.3 Å². The third-order valence-electron chi connectivity index (χ3n) is 4.14. The number of aliphatic hydroxyl groups is 1. The van der Waals surface area contributed by atoms with E-state index >= 15 is 0 Å². The molecule has 0 fully saturated rings. The Labute approximate surface area is 156 Å². The summed E-state index contributed by atoms with van der Waals surface area (Å²) in [5.74, 6) is 0.916. The van der Waals surface area contributed by atoms with E-state index in [9.17, 15) is 9.90 Å². The Bertz CT molecular complexity index is 804. The van der Waals surface area contributed by atoms with Crippen LogP contribution in [-0.2, 0) is 24.1 Å². The standard InChI is InChI=1S/C19H24BrNO4/c1-11(22)7-12-8-13(20)9-14-15-10-21(18(23)25-19(2,3)4)6-5-16(15)24-17(12)14/h8-9,11,22H,5-7,10H2,1-4H3. The number of aliphatic hydroxyl groups excluding tert-OH is 1. The Hall–Kier alpha value is -1.53. The van der Waals surface area contributed by atoms with Crippen molar-refractivity contribution in [2.75, 3.05) is 6.54 Å². The van der Waals surface area contributed by atoms with Crippen molar-refractivity contribution in [3.8, 4) is 0 Å². The van der Waals surface area contributed by atoms with Crippen LogP contribution < -0.4 is 0 Å². The molecule has 5 nitrogen and oxygen atoms in total. The second-order valence-corrected chi connectivity index (χ2v) is 8.57. The van der Waals surface area contributed by atoms with Crippen molar-refractivity contribution in [1.29, 1.82) is 0 Å². The summed E-state index contributed by atoms with van der Waals surface area (Å²) in [4.78, 5) is 14.1. The highest BCUT2D eigenvalue weighted by Crippen LogP contribution is 2.35. The van der Waals surface area contributed by atoms with Gasteiger partial charge in [0.1, 0.15) is 16.9 Å². The number of ether oxygens (including phenoxy) is 1. The molecule has 0 aliphatic carbocycles. The van der Waals surface area contributed by atoms with E-state index in [2.05, 4.69) is 15.9 Å². The quantitative estimate of drug-likeness (QED) is 0.797. The molecule has 25 heavy (non-hydrogen) atoms. The Morgan fingerprint density at radius 1 is 1.44 bits per heavy atom. The van der Waals surface area contributed by atoms with Crippen LogP contribution >= 0.6 is 15.9 Å². The zero-order valence-electron chi connectivity index (χ0n) is 15.1.